The third kappa shape index (κ3) is 1.74. The van der Waals surface area contributed by atoms with Crippen LogP contribution in [0, 0.1) is 23.7 Å². The van der Waals surface area contributed by atoms with Crippen molar-refractivity contribution in [3.63, 3.8) is 0 Å². The Balaban J connectivity index is 1.51. The van der Waals surface area contributed by atoms with Gasteiger partial charge in [0.2, 0.25) is 0 Å². The van der Waals surface area contributed by atoms with Gasteiger partial charge in [0.15, 0.2) is 0 Å². The van der Waals surface area contributed by atoms with E-state index in [0.717, 1.165) is 11.8 Å². The van der Waals surface area contributed by atoms with Crippen molar-refractivity contribution < 1.29 is 0 Å². The van der Waals surface area contributed by atoms with E-state index in [9.17, 15) is 0 Å². The average molecular weight is 265 g/mol. The first-order valence-electron chi connectivity index (χ1n) is 8.55. The molecule has 0 spiro atoms. The van der Waals surface area contributed by atoms with Crippen molar-refractivity contribution in [1.82, 2.24) is 0 Å². The molecule has 3 saturated carbocycles. The van der Waals surface area contributed by atoms with Gasteiger partial charge in [-0.3, -0.25) is 0 Å². The van der Waals surface area contributed by atoms with Gasteiger partial charge in [-0.25, -0.2) is 0 Å². The maximum Gasteiger partial charge on any atom is 0.0936 e. The number of hydrogen-bond donors (Lipinski definition) is 0. The van der Waals surface area contributed by atoms with Gasteiger partial charge >= 0.3 is 0 Å². The lowest BCUT2D eigenvalue weighted by molar-refractivity contribution is 0.116. The highest BCUT2D eigenvalue weighted by Gasteiger charge is 2.68. The molecule has 0 unspecified atom stereocenters. The SMILES string of the molecule is CC1CC(C(C2CC(C)C2)[P+]2(C3CCC3)CC2)C1. The Labute approximate surface area is 114 Å². The van der Waals surface area contributed by atoms with Crippen molar-refractivity contribution in [2.45, 2.75) is 70.1 Å². The summed E-state index contributed by atoms with van der Waals surface area (Å²) in [4.78, 5) is 0. The minimum atomic E-state index is -0.403. The van der Waals surface area contributed by atoms with E-state index in [1.165, 1.54) is 23.2 Å². The molecule has 4 aliphatic rings. The first-order valence-corrected chi connectivity index (χ1v) is 10.9. The Hall–Kier alpha value is 0.430. The average Bonchev–Trinajstić information content (AvgIpc) is 2.91. The second-order valence-corrected chi connectivity index (χ2v) is 12.7. The molecule has 0 aromatic heterocycles. The van der Waals surface area contributed by atoms with Crippen LogP contribution in [0.15, 0.2) is 0 Å². The lowest BCUT2D eigenvalue weighted by Gasteiger charge is -2.49. The first kappa shape index (κ1) is 12.2. The summed E-state index contributed by atoms with van der Waals surface area (Å²) >= 11 is 0. The normalized spacial score (nSPS) is 47.7. The quantitative estimate of drug-likeness (QED) is 0.625. The van der Waals surface area contributed by atoms with E-state index in [1.807, 2.05) is 0 Å². The summed E-state index contributed by atoms with van der Waals surface area (Å²) in [5, 5.41) is 0. The summed E-state index contributed by atoms with van der Waals surface area (Å²) in [6.07, 6.45) is 14.7. The van der Waals surface area contributed by atoms with Crippen LogP contribution in [-0.4, -0.2) is 23.6 Å². The minimum Gasteiger partial charge on any atom is -0.0625 e. The van der Waals surface area contributed by atoms with Crippen molar-refractivity contribution in [3.05, 3.63) is 0 Å². The molecule has 0 radical (unpaired) electrons. The van der Waals surface area contributed by atoms with Gasteiger partial charge in [0.1, 0.15) is 0 Å². The second-order valence-electron chi connectivity index (χ2n) is 8.30. The zero-order valence-corrected chi connectivity index (χ0v) is 13.2. The molecular weight excluding hydrogens is 235 g/mol. The van der Waals surface area contributed by atoms with Crippen LogP contribution >= 0.6 is 7.26 Å². The Kier molecular flexibility index (Phi) is 2.85. The smallest absolute Gasteiger partial charge is 0.0625 e. The second kappa shape index (κ2) is 4.21. The standard InChI is InChI=1S/C17H30P/c1-12-8-14(9-12)17(15-10-13(2)11-15)18(6-7-18)16-4-3-5-16/h12-17H,3-11H2,1-2H3/q+1. The zero-order chi connectivity index (χ0) is 12.3. The molecule has 3 aliphatic carbocycles. The highest BCUT2D eigenvalue weighted by atomic mass is 31.2. The highest BCUT2D eigenvalue weighted by molar-refractivity contribution is 7.84. The van der Waals surface area contributed by atoms with Crippen molar-refractivity contribution >= 4 is 7.26 Å². The summed E-state index contributed by atoms with van der Waals surface area (Å²) in [7, 11) is -0.403. The maximum absolute atomic E-state index is 2.48. The molecule has 4 fully saturated rings. The number of rotatable bonds is 4. The van der Waals surface area contributed by atoms with E-state index in [2.05, 4.69) is 13.8 Å². The van der Waals surface area contributed by atoms with Crippen LogP contribution in [-0.2, 0) is 0 Å². The molecule has 0 nitrogen and oxygen atoms in total. The largest absolute Gasteiger partial charge is 0.0936 e. The van der Waals surface area contributed by atoms with Crippen molar-refractivity contribution in [2.75, 3.05) is 12.3 Å². The molecule has 102 valence electrons. The van der Waals surface area contributed by atoms with Crippen LogP contribution in [0.5, 0.6) is 0 Å². The Morgan fingerprint density at radius 3 is 1.61 bits per heavy atom. The van der Waals surface area contributed by atoms with E-state index in [4.69, 9.17) is 0 Å². The molecule has 1 heterocycles. The van der Waals surface area contributed by atoms with Gasteiger partial charge < -0.3 is 0 Å². The lowest BCUT2D eigenvalue weighted by Crippen LogP contribution is -2.44. The topological polar surface area (TPSA) is 0 Å². The van der Waals surface area contributed by atoms with Gasteiger partial charge in [-0.05, 0) is 68.6 Å². The highest BCUT2D eigenvalue weighted by Crippen LogP contribution is 2.85. The van der Waals surface area contributed by atoms with Crippen LogP contribution in [0.3, 0.4) is 0 Å². The van der Waals surface area contributed by atoms with Crippen LogP contribution in [0.2, 0.25) is 0 Å². The molecule has 18 heavy (non-hydrogen) atoms. The van der Waals surface area contributed by atoms with Crippen molar-refractivity contribution in [3.8, 4) is 0 Å². The predicted octanol–water partition coefficient (Wildman–Crippen LogP) is 5.03. The zero-order valence-electron chi connectivity index (χ0n) is 12.3. The molecular formula is C17H30P+. The molecule has 0 aromatic rings. The molecule has 0 amide bonds. The van der Waals surface area contributed by atoms with Gasteiger partial charge in [-0.2, -0.15) is 0 Å². The van der Waals surface area contributed by atoms with Gasteiger partial charge in [-0.1, -0.05) is 13.8 Å². The summed E-state index contributed by atoms with van der Waals surface area (Å²) < 4.78 is 0. The molecule has 1 aliphatic heterocycles. The number of hydrogen-bond acceptors (Lipinski definition) is 0. The maximum atomic E-state index is 2.48. The fourth-order valence-corrected chi connectivity index (χ4v) is 11.9. The summed E-state index contributed by atoms with van der Waals surface area (Å²) in [5.74, 6) is 4.51. The van der Waals surface area contributed by atoms with Crippen molar-refractivity contribution in [2.24, 2.45) is 23.7 Å². The van der Waals surface area contributed by atoms with Gasteiger partial charge in [-0.15, -0.1) is 0 Å². The molecule has 0 bridgehead atoms. The van der Waals surface area contributed by atoms with Gasteiger partial charge in [0.05, 0.1) is 23.6 Å². The van der Waals surface area contributed by atoms with E-state index < -0.39 is 7.26 Å². The minimum absolute atomic E-state index is 0.403. The third-order valence-electron chi connectivity index (χ3n) is 6.92. The van der Waals surface area contributed by atoms with Gasteiger partial charge in [0, 0.05) is 7.26 Å². The molecule has 1 saturated heterocycles. The molecule has 0 aromatic carbocycles. The predicted molar refractivity (Wildman–Crippen MR) is 81.9 cm³/mol. The van der Waals surface area contributed by atoms with E-state index >= 15 is 0 Å². The van der Waals surface area contributed by atoms with Crippen LogP contribution in [0.1, 0.15) is 58.8 Å². The summed E-state index contributed by atoms with van der Waals surface area (Å²) in [6, 6.07) is 0. The van der Waals surface area contributed by atoms with Crippen molar-refractivity contribution in [1.29, 1.82) is 0 Å². The van der Waals surface area contributed by atoms with E-state index in [-0.39, 0.29) is 0 Å². The van der Waals surface area contributed by atoms with E-state index in [1.54, 1.807) is 57.3 Å². The Morgan fingerprint density at radius 1 is 0.833 bits per heavy atom. The lowest BCUT2D eigenvalue weighted by atomic mass is 9.65. The van der Waals surface area contributed by atoms with Crippen LogP contribution in [0.4, 0.5) is 0 Å². The first-order chi connectivity index (χ1) is 8.69. The fraction of sp³-hybridized carbons (Fsp3) is 1.00. The van der Waals surface area contributed by atoms with Gasteiger partial charge in [0.25, 0.3) is 0 Å². The van der Waals surface area contributed by atoms with E-state index in [0.29, 0.717) is 0 Å². The van der Waals surface area contributed by atoms with Crippen LogP contribution < -0.4 is 0 Å². The molecule has 0 N–H and O–H groups in total. The third-order valence-corrected chi connectivity index (χ3v) is 12.4. The monoisotopic (exact) mass is 265 g/mol. The summed E-state index contributed by atoms with van der Waals surface area (Å²) in [5.41, 5.74) is 2.55. The Bertz CT molecular complexity index is 299. The van der Waals surface area contributed by atoms with Crippen LogP contribution in [0.25, 0.3) is 0 Å². The fourth-order valence-electron chi connectivity index (χ4n) is 5.63. The molecule has 1 heteroatoms. The summed E-state index contributed by atoms with van der Waals surface area (Å²) in [6.45, 7) is 4.97. The molecule has 4 rings (SSSR count). The molecule has 0 atom stereocenters. The Morgan fingerprint density at radius 2 is 1.33 bits per heavy atom.